The molecule has 3 aromatic carbocycles. The minimum absolute atomic E-state index is 0.168. The Morgan fingerprint density at radius 2 is 1.63 bits per heavy atom. The van der Waals surface area contributed by atoms with Crippen molar-refractivity contribution in [3.8, 4) is 17.2 Å². The van der Waals surface area contributed by atoms with Crippen LogP contribution in [0.2, 0.25) is 5.02 Å². The number of esters is 1. The molecule has 180 valence electrons. The van der Waals surface area contributed by atoms with Crippen LogP contribution in [-0.2, 0) is 4.74 Å². The lowest BCUT2D eigenvalue weighted by Crippen LogP contribution is -2.35. The minimum Gasteiger partial charge on any atom is -0.456 e. The second kappa shape index (κ2) is 10.5. The highest BCUT2D eigenvalue weighted by molar-refractivity contribution is 6.30. The average molecular weight is 487 g/mol. The number of hydrogen-bond acceptors (Lipinski definition) is 4. The summed E-state index contributed by atoms with van der Waals surface area (Å²) in [5.74, 6) is -0.191. The second-order valence-corrected chi connectivity index (χ2v) is 10.5. The highest BCUT2D eigenvalue weighted by atomic mass is 35.5. The highest BCUT2D eigenvalue weighted by Crippen LogP contribution is 2.38. The normalized spacial score (nSPS) is 15.3. The Labute approximate surface area is 213 Å². The molecule has 0 unspecified atom stereocenters. The van der Waals surface area contributed by atoms with Gasteiger partial charge in [0.2, 0.25) is 0 Å². The molecule has 1 aliphatic heterocycles. The third-order valence-electron chi connectivity index (χ3n) is 6.47. The zero-order chi connectivity index (χ0) is 25.0. The molecule has 4 nitrogen and oxygen atoms in total. The van der Waals surface area contributed by atoms with Crippen molar-refractivity contribution in [2.45, 2.75) is 45.1 Å². The van der Waals surface area contributed by atoms with E-state index in [0.29, 0.717) is 10.6 Å². The highest BCUT2D eigenvalue weighted by Gasteiger charge is 2.29. The number of piperidine rings is 1. The maximum Gasteiger partial charge on any atom is 0.338 e. The molecule has 0 aromatic heterocycles. The van der Waals surface area contributed by atoms with Crippen LogP contribution in [0.15, 0.2) is 72.8 Å². The van der Waals surface area contributed by atoms with E-state index in [4.69, 9.17) is 16.3 Å². The number of carbonyl (C=O) groups excluding carboxylic acids is 1. The van der Waals surface area contributed by atoms with Gasteiger partial charge in [-0.15, -0.1) is 0 Å². The van der Waals surface area contributed by atoms with Gasteiger partial charge in [-0.25, -0.2) is 4.79 Å². The Kier molecular flexibility index (Phi) is 7.48. The van der Waals surface area contributed by atoms with Crippen molar-refractivity contribution in [3.05, 3.63) is 88.9 Å². The fourth-order valence-electron chi connectivity index (χ4n) is 4.73. The molecule has 1 saturated heterocycles. The molecule has 3 aromatic rings. The molecular formula is C30H31ClN2O2. The SMILES string of the molecule is CC(C)(C)OC(=O)c1ccc(N2CCC([C@H](C#N)c3ccccc3-c3ccc(Cl)cc3)CC2)cc1. The van der Waals surface area contributed by atoms with Crippen molar-refractivity contribution in [2.24, 2.45) is 5.92 Å². The molecule has 1 heterocycles. The lowest BCUT2D eigenvalue weighted by molar-refractivity contribution is 0.00695. The maximum atomic E-state index is 12.3. The van der Waals surface area contributed by atoms with Gasteiger partial charge in [-0.1, -0.05) is 48.0 Å². The number of nitrogens with zero attached hydrogens (tertiary/aromatic N) is 2. The molecule has 0 spiro atoms. The quantitative estimate of drug-likeness (QED) is 0.350. The smallest absolute Gasteiger partial charge is 0.338 e. The van der Waals surface area contributed by atoms with Crippen molar-refractivity contribution in [1.29, 1.82) is 5.26 Å². The van der Waals surface area contributed by atoms with Gasteiger partial charge in [-0.3, -0.25) is 0 Å². The number of nitriles is 1. The van der Waals surface area contributed by atoms with Crippen molar-refractivity contribution in [1.82, 2.24) is 0 Å². The number of ether oxygens (including phenoxy) is 1. The van der Waals surface area contributed by atoms with Gasteiger partial charge in [0.15, 0.2) is 0 Å². The molecule has 35 heavy (non-hydrogen) atoms. The van der Waals surface area contributed by atoms with E-state index < -0.39 is 5.60 Å². The van der Waals surface area contributed by atoms with Crippen LogP contribution in [0.25, 0.3) is 11.1 Å². The first-order chi connectivity index (χ1) is 16.7. The molecule has 4 rings (SSSR count). The monoisotopic (exact) mass is 486 g/mol. The van der Waals surface area contributed by atoms with Gasteiger partial charge in [-0.05, 0) is 92.6 Å². The van der Waals surface area contributed by atoms with Crippen LogP contribution in [0, 0.1) is 17.2 Å². The summed E-state index contributed by atoms with van der Waals surface area (Å²) in [4.78, 5) is 14.6. The molecular weight excluding hydrogens is 456 g/mol. The van der Waals surface area contributed by atoms with Gasteiger partial charge in [0, 0.05) is 23.8 Å². The van der Waals surface area contributed by atoms with Gasteiger partial charge in [-0.2, -0.15) is 5.26 Å². The summed E-state index contributed by atoms with van der Waals surface area (Å²) in [6.07, 6.45) is 1.86. The first kappa shape index (κ1) is 24.8. The number of benzene rings is 3. The van der Waals surface area contributed by atoms with Crippen LogP contribution in [0.1, 0.15) is 55.5 Å². The Morgan fingerprint density at radius 1 is 1.00 bits per heavy atom. The van der Waals surface area contributed by atoms with Crippen LogP contribution < -0.4 is 4.90 Å². The fourth-order valence-corrected chi connectivity index (χ4v) is 4.85. The van der Waals surface area contributed by atoms with Gasteiger partial charge in [0.05, 0.1) is 17.6 Å². The zero-order valence-corrected chi connectivity index (χ0v) is 21.3. The molecule has 5 heteroatoms. The number of rotatable bonds is 5. The molecule has 1 aliphatic rings. The third-order valence-corrected chi connectivity index (χ3v) is 6.72. The summed E-state index contributed by atoms with van der Waals surface area (Å²) >= 11 is 6.08. The summed E-state index contributed by atoms with van der Waals surface area (Å²) in [6, 6.07) is 26.2. The van der Waals surface area contributed by atoms with Crippen LogP contribution in [0.3, 0.4) is 0 Å². The van der Waals surface area contributed by atoms with Crippen molar-refractivity contribution >= 4 is 23.3 Å². The van der Waals surface area contributed by atoms with E-state index in [-0.39, 0.29) is 17.8 Å². The van der Waals surface area contributed by atoms with Crippen LogP contribution >= 0.6 is 11.6 Å². The number of halogens is 1. The maximum absolute atomic E-state index is 12.3. The number of hydrogen-bond donors (Lipinski definition) is 0. The summed E-state index contributed by atoms with van der Waals surface area (Å²) in [6.45, 7) is 7.35. The van der Waals surface area contributed by atoms with Crippen LogP contribution in [0.4, 0.5) is 5.69 Å². The van der Waals surface area contributed by atoms with E-state index in [1.54, 1.807) is 0 Å². The fraction of sp³-hybridized carbons (Fsp3) is 0.333. The van der Waals surface area contributed by atoms with Gasteiger partial charge >= 0.3 is 5.97 Å². The molecule has 0 amide bonds. The van der Waals surface area contributed by atoms with E-state index in [2.05, 4.69) is 23.1 Å². The zero-order valence-electron chi connectivity index (χ0n) is 20.5. The predicted octanol–water partition coefficient (Wildman–Crippen LogP) is 7.49. The standard InChI is InChI=1S/C30H31ClN2O2/c1-30(2,3)35-29(34)23-10-14-25(15-11-23)33-18-16-22(17-19-33)28(20-32)27-7-5-4-6-26(27)21-8-12-24(31)13-9-21/h4-15,22,28H,16-19H2,1-3H3/t28-/m0/s1. The topological polar surface area (TPSA) is 53.3 Å². The Hall–Kier alpha value is -3.29. The largest absolute Gasteiger partial charge is 0.456 e. The van der Waals surface area contributed by atoms with Gasteiger partial charge in [0.25, 0.3) is 0 Å². The van der Waals surface area contributed by atoms with E-state index in [1.807, 2.05) is 81.4 Å². The summed E-state index contributed by atoms with van der Waals surface area (Å²) < 4.78 is 5.46. The lowest BCUT2D eigenvalue weighted by Gasteiger charge is -2.36. The molecule has 0 saturated carbocycles. The summed E-state index contributed by atoms with van der Waals surface area (Å²) in [5, 5.41) is 10.9. The minimum atomic E-state index is -0.513. The molecule has 0 bridgehead atoms. The van der Waals surface area contributed by atoms with E-state index in [0.717, 1.165) is 48.3 Å². The van der Waals surface area contributed by atoms with Crippen LogP contribution in [-0.4, -0.2) is 24.7 Å². The Bertz CT molecular complexity index is 1200. The molecule has 0 aliphatic carbocycles. The number of anilines is 1. The van der Waals surface area contributed by atoms with Crippen molar-refractivity contribution < 1.29 is 9.53 Å². The summed E-state index contributed by atoms with van der Waals surface area (Å²) in [5.41, 5.74) is 4.38. The van der Waals surface area contributed by atoms with Gasteiger partial charge in [0.1, 0.15) is 5.60 Å². The predicted molar refractivity (Wildman–Crippen MR) is 142 cm³/mol. The van der Waals surface area contributed by atoms with Gasteiger partial charge < -0.3 is 9.64 Å². The van der Waals surface area contributed by atoms with Crippen LogP contribution in [0.5, 0.6) is 0 Å². The molecule has 0 N–H and O–H groups in total. The lowest BCUT2D eigenvalue weighted by atomic mass is 9.78. The first-order valence-corrected chi connectivity index (χ1v) is 12.5. The third kappa shape index (κ3) is 6.05. The Balaban J connectivity index is 1.45. The first-order valence-electron chi connectivity index (χ1n) is 12.1. The molecule has 0 radical (unpaired) electrons. The molecule has 1 fully saturated rings. The molecule has 1 atom stereocenters. The van der Waals surface area contributed by atoms with Crippen molar-refractivity contribution in [3.63, 3.8) is 0 Å². The summed E-state index contributed by atoms with van der Waals surface area (Å²) in [7, 11) is 0. The Morgan fingerprint density at radius 3 is 2.23 bits per heavy atom. The average Bonchev–Trinajstić information content (AvgIpc) is 2.85. The van der Waals surface area contributed by atoms with E-state index in [1.165, 1.54) is 0 Å². The number of carbonyl (C=O) groups is 1. The second-order valence-electron chi connectivity index (χ2n) is 10.1. The van der Waals surface area contributed by atoms with Crippen molar-refractivity contribution in [2.75, 3.05) is 18.0 Å². The van der Waals surface area contributed by atoms with E-state index >= 15 is 0 Å². The van der Waals surface area contributed by atoms with E-state index in [9.17, 15) is 10.1 Å².